The fourth-order valence-electron chi connectivity index (χ4n) is 5.45. The minimum atomic E-state index is -0.905. The highest BCUT2D eigenvalue weighted by Gasteiger charge is 2.42. The molecule has 4 atom stereocenters. The number of likely N-dealkylation sites (tertiary alicyclic amines) is 1. The van der Waals surface area contributed by atoms with Crippen molar-refractivity contribution in [1.82, 2.24) is 40.8 Å². The van der Waals surface area contributed by atoms with Crippen molar-refractivity contribution >= 4 is 23.6 Å². The van der Waals surface area contributed by atoms with Crippen LogP contribution in [0.4, 0.5) is 0 Å². The number of benzene rings is 1. The standard InChI is InChI=1S/C30H36N8O4/c1-19(2)27-30(42)33-24(13-20-7-4-3-5-8-20)28(40)32-16-22-17-38(36-35-22)23-14-25(29(41)34-27)37(18-23)26(39)11-10-21-9-6-12-31-15-21/h3-9,12,15,17,19,23-25,27H,10-11,13-14,16,18H2,1-2H3,(H,32,40)(H,33,42)(H,34,41)/t23-,24+,25-,27-/m0/s1. The molecule has 0 unspecified atom stereocenters. The zero-order valence-electron chi connectivity index (χ0n) is 23.8. The Labute approximate surface area is 244 Å². The number of pyridine rings is 1. The van der Waals surface area contributed by atoms with Crippen molar-refractivity contribution in [2.75, 3.05) is 6.54 Å². The number of rotatable bonds is 6. The van der Waals surface area contributed by atoms with Gasteiger partial charge in [0.25, 0.3) is 0 Å². The average molecular weight is 573 g/mol. The molecular weight excluding hydrogens is 536 g/mol. The van der Waals surface area contributed by atoms with E-state index in [1.54, 1.807) is 28.2 Å². The number of aryl methyl sites for hydroxylation is 1. The second kappa shape index (κ2) is 12.9. The van der Waals surface area contributed by atoms with Crippen LogP contribution in [0.25, 0.3) is 0 Å². The van der Waals surface area contributed by atoms with Crippen molar-refractivity contribution in [2.24, 2.45) is 5.92 Å². The van der Waals surface area contributed by atoms with Gasteiger partial charge in [-0.25, -0.2) is 4.68 Å². The molecule has 1 saturated heterocycles. The molecule has 2 aliphatic rings. The molecule has 0 radical (unpaired) electrons. The monoisotopic (exact) mass is 572 g/mol. The van der Waals surface area contributed by atoms with Crippen LogP contribution in [0.3, 0.4) is 0 Å². The van der Waals surface area contributed by atoms with Gasteiger partial charge in [-0.2, -0.15) is 0 Å². The Hall–Kier alpha value is -4.61. The first-order valence-electron chi connectivity index (χ1n) is 14.3. The van der Waals surface area contributed by atoms with Gasteiger partial charge < -0.3 is 20.9 Å². The van der Waals surface area contributed by atoms with Gasteiger partial charge >= 0.3 is 0 Å². The van der Waals surface area contributed by atoms with Gasteiger partial charge in [0.1, 0.15) is 23.8 Å². The van der Waals surface area contributed by atoms with Crippen LogP contribution in [0.1, 0.15) is 49.6 Å². The molecular formula is C30H36N8O4. The second-order valence-electron chi connectivity index (χ2n) is 11.2. The molecule has 5 rings (SSSR count). The summed E-state index contributed by atoms with van der Waals surface area (Å²) in [5.74, 6) is -1.67. The number of hydrogen-bond acceptors (Lipinski definition) is 7. The molecule has 4 heterocycles. The number of aromatic nitrogens is 4. The van der Waals surface area contributed by atoms with Gasteiger partial charge in [-0.1, -0.05) is 55.5 Å². The van der Waals surface area contributed by atoms with Crippen molar-refractivity contribution in [3.8, 4) is 0 Å². The minimum Gasteiger partial charge on any atom is -0.349 e. The van der Waals surface area contributed by atoms with E-state index in [-0.39, 0.29) is 49.7 Å². The highest BCUT2D eigenvalue weighted by atomic mass is 16.2. The summed E-state index contributed by atoms with van der Waals surface area (Å²) in [6, 6.07) is 10.3. The lowest BCUT2D eigenvalue weighted by atomic mass is 10.00. The summed E-state index contributed by atoms with van der Waals surface area (Å²) in [6.45, 7) is 4.05. The largest absolute Gasteiger partial charge is 0.349 e. The highest BCUT2D eigenvalue weighted by Crippen LogP contribution is 2.28. The van der Waals surface area contributed by atoms with Gasteiger partial charge in [-0.3, -0.25) is 24.2 Å². The number of carbonyl (C=O) groups is 4. The lowest BCUT2D eigenvalue weighted by Crippen LogP contribution is -2.58. The zero-order valence-corrected chi connectivity index (χ0v) is 23.8. The third-order valence-corrected chi connectivity index (χ3v) is 7.79. The molecule has 3 N–H and O–H groups in total. The summed E-state index contributed by atoms with van der Waals surface area (Å²) in [6.07, 6.45) is 6.43. The van der Waals surface area contributed by atoms with E-state index in [0.717, 1.165) is 11.1 Å². The van der Waals surface area contributed by atoms with Gasteiger partial charge in [0.15, 0.2) is 0 Å². The van der Waals surface area contributed by atoms with Crippen molar-refractivity contribution in [2.45, 2.75) is 70.2 Å². The van der Waals surface area contributed by atoms with E-state index in [1.165, 1.54) is 0 Å². The van der Waals surface area contributed by atoms with E-state index in [1.807, 2.05) is 56.3 Å². The fraction of sp³-hybridized carbons (Fsp3) is 0.433. The van der Waals surface area contributed by atoms with E-state index in [2.05, 4.69) is 31.2 Å². The predicted octanol–water partition coefficient (Wildman–Crippen LogP) is 0.946. The molecule has 0 aliphatic carbocycles. The van der Waals surface area contributed by atoms with Crippen molar-refractivity contribution < 1.29 is 19.2 Å². The van der Waals surface area contributed by atoms with E-state index < -0.39 is 29.9 Å². The molecule has 1 fully saturated rings. The van der Waals surface area contributed by atoms with Gasteiger partial charge in [-0.15, -0.1) is 5.10 Å². The molecule has 2 aliphatic heterocycles. The Morgan fingerprint density at radius 1 is 1.00 bits per heavy atom. The quantitative estimate of drug-likeness (QED) is 0.398. The maximum absolute atomic E-state index is 13.7. The molecule has 1 aromatic carbocycles. The van der Waals surface area contributed by atoms with Crippen molar-refractivity contribution in [3.05, 3.63) is 77.9 Å². The summed E-state index contributed by atoms with van der Waals surface area (Å²) in [5, 5.41) is 17.1. The third kappa shape index (κ3) is 6.81. The molecule has 12 heteroatoms. The number of fused-ring (bicyclic) bond motifs is 5. The van der Waals surface area contributed by atoms with Crippen LogP contribution in [0.2, 0.25) is 0 Å². The van der Waals surface area contributed by atoms with Crippen molar-refractivity contribution in [3.63, 3.8) is 0 Å². The highest BCUT2D eigenvalue weighted by molar-refractivity contribution is 5.94. The number of amides is 4. The summed E-state index contributed by atoms with van der Waals surface area (Å²) in [5.41, 5.74) is 2.34. The van der Waals surface area contributed by atoms with Crippen molar-refractivity contribution in [1.29, 1.82) is 0 Å². The molecule has 220 valence electrons. The second-order valence-corrected chi connectivity index (χ2v) is 11.2. The maximum Gasteiger partial charge on any atom is 0.243 e. The zero-order chi connectivity index (χ0) is 29.6. The van der Waals surface area contributed by atoms with Crippen LogP contribution in [-0.4, -0.2) is 73.2 Å². The lowest BCUT2D eigenvalue weighted by molar-refractivity contribution is -0.140. The Bertz CT molecular complexity index is 1410. The summed E-state index contributed by atoms with van der Waals surface area (Å²) in [7, 11) is 0. The van der Waals surface area contributed by atoms with E-state index in [4.69, 9.17) is 0 Å². The Kier molecular flexibility index (Phi) is 8.89. The minimum absolute atomic E-state index is 0.120. The number of carbonyl (C=O) groups excluding carboxylic acids is 4. The Morgan fingerprint density at radius 3 is 2.52 bits per heavy atom. The summed E-state index contributed by atoms with van der Waals surface area (Å²) in [4.78, 5) is 59.7. The number of nitrogens with zero attached hydrogens (tertiary/aromatic N) is 5. The average Bonchev–Trinajstić information content (AvgIpc) is 3.65. The third-order valence-electron chi connectivity index (χ3n) is 7.79. The molecule has 0 saturated carbocycles. The van der Waals surface area contributed by atoms with Gasteiger partial charge in [0.2, 0.25) is 23.6 Å². The van der Waals surface area contributed by atoms with Crippen LogP contribution in [0, 0.1) is 5.92 Å². The molecule has 0 spiro atoms. The smallest absolute Gasteiger partial charge is 0.243 e. The normalized spacial score (nSPS) is 23.0. The van der Waals surface area contributed by atoms with E-state index >= 15 is 0 Å². The Morgan fingerprint density at radius 2 is 1.79 bits per heavy atom. The summed E-state index contributed by atoms with van der Waals surface area (Å²) < 4.78 is 1.65. The molecule has 4 bridgehead atoms. The van der Waals surface area contributed by atoms with E-state index in [0.29, 0.717) is 18.5 Å². The molecule has 42 heavy (non-hydrogen) atoms. The maximum atomic E-state index is 13.7. The first-order chi connectivity index (χ1) is 20.3. The van der Waals surface area contributed by atoms with Crippen LogP contribution >= 0.6 is 0 Å². The molecule has 2 aromatic heterocycles. The first-order valence-corrected chi connectivity index (χ1v) is 14.3. The molecule has 4 amide bonds. The van der Waals surface area contributed by atoms with E-state index in [9.17, 15) is 19.2 Å². The number of nitrogens with one attached hydrogen (secondary N) is 3. The number of hydrogen-bond donors (Lipinski definition) is 3. The first kappa shape index (κ1) is 28.9. The van der Waals surface area contributed by atoms with Gasteiger partial charge in [-0.05, 0) is 29.5 Å². The van der Waals surface area contributed by atoms with Crippen LogP contribution in [0.5, 0.6) is 0 Å². The van der Waals surface area contributed by atoms with Gasteiger partial charge in [0.05, 0.1) is 18.8 Å². The fourth-order valence-corrected chi connectivity index (χ4v) is 5.45. The topological polar surface area (TPSA) is 151 Å². The predicted molar refractivity (Wildman–Crippen MR) is 152 cm³/mol. The lowest BCUT2D eigenvalue weighted by Gasteiger charge is -2.29. The van der Waals surface area contributed by atoms with Crippen LogP contribution in [0.15, 0.2) is 61.1 Å². The summed E-state index contributed by atoms with van der Waals surface area (Å²) >= 11 is 0. The SMILES string of the molecule is CC(C)[C@@H]1NC(=O)[C@@H]2C[C@@H](CN2C(=O)CCc2cccnc2)n2cc(nn2)CNC(=O)[C@@H](Cc2ccccc2)NC1=O. The van der Waals surface area contributed by atoms with Gasteiger partial charge in [0, 0.05) is 38.2 Å². The van der Waals surface area contributed by atoms with Crippen LogP contribution in [-0.2, 0) is 38.6 Å². The molecule has 12 nitrogen and oxygen atoms in total. The Balaban J connectivity index is 1.41. The molecule has 3 aromatic rings. The van der Waals surface area contributed by atoms with Crippen LogP contribution < -0.4 is 16.0 Å².